The molecule has 82 valence electrons. The number of nitrogens with two attached hydrogens (primary N) is 1. The molecule has 0 amide bonds. The van der Waals surface area contributed by atoms with E-state index in [1.54, 1.807) is 12.1 Å². The lowest BCUT2D eigenvalue weighted by atomic mass is 10.2. The van der Waals surface area contributed by atoms with E-state index in [4.69, 9.17) is 33.7 Å². The average Bonchev–Trinajstić information content (AvgIpc) is 2.63. The van der Waals surface area contributed by atoms with Gasteiger partial charge in [0.15, 0.2) is 0 Å². The van der Waals surface area contributed by atoms with E-state index in [0.717, 1.165) is 18.7 Å². The summed E-state index contributed by atoms with van der Waals surface area (Å²) >= 11 is 12.1. The molecular formula is C10H12Cl2N2O. The lowest BCUT2D eigenvalue weighted by molar-refractivity contribution is 0.195. The number of hydrogen-bond acceptors (Lipinski definition) is 3. The predicted octanol–water partition coefficient (Wildman–Crippen LogP) is 2.78. The van der Waals surface area contributed by atoms with Crippen molar-refractivity contribution in [2.24, 2.45) is 0 Å². The maximum absolute atomic E-state index is 6.05. The Balaban J connectivity index is 2.19. The zero-order valence-electron chi connectivity index (χ0n) is 8.09. The van der Waals surface area contributed by atoms with Gasteiger partial charge in [0.1, 0.15) is 0 Å². The Kier molecular flexibility index (Phi) is 3.24. The summed E-state index contributed by atoms with van der Waals surface area (Å²) in [5.41, 5.74) is 6.92. The van der Waals surface area contributed by atoms with Crippen molar-refractivity contribution in [3.63, 3.8) is 0 Å². The normalized spacial score (nSPS) is 20.5. The first-order chi connectivity index (χ1) is 7.16. The van der Waals surface area contributed by atoms with Crippen molar-refractivity contribution in [1.29, 1.82) is 0 Å². The van der Waals surface area contributed by atoms with Gasteiger partial charge in [-0.15, -0.1) is 0 Å². The number of nitrogen functional groups attached to an aromatic ring is 1. The zero-order chi connectivity index (χ0) is 10.8. The van der Waals surface area contributed by atoms with Crippen LogP contribution in [0.5, 0.6) is 0 Å². The number of rotatable bonds is 2. The van der Waals surface area contributed by atoms with E-state index >= 15 is 0 Å². The second-order valence-corrected chi connectivity index (χ2v) is 4.38. The summed E-state index contributed by atoms with van der Waals surface area (Å²) in [4.78, 5) is 0. The van der Waals surface area contributed by atoms with Crippen LogP contribution in [0.4, 0.5) is 11.4 Å². The monoisotopic (exact) mass is 246 g/mol. The Morgan fingerprint density at radius 2 is 2.00 bits per heavy atom. The molecule has 1 saturated heterocycles. The maximum Gasteiger partial charge on any atom is 0.0723 e. The SMILES string of the molecule is Nc1cc(Cl)c(NC2CCOC2)c(Cl)c1. The molecule has 0 aromatic heterocycles. The number of nitrogens with one attached hydrogen (secondary N) is 1. The number of ether oxygens (including phenoxy) is 1. The van der Waals surface area contributed by atoms with E-state index in [9.17, 15) is 0 Å². The van der Waals surface area contributed by atoms with E-state index in [1.165, 1.54) is 0 Å². The predicted molar refractivity (Wildman–Crippen MR) is 63.7 cm³/mol. The summed E-state index contributed by atoms with van der Waals surface area (Å²) in [7, 11) is 0. The van der Waals surface area contributed by atoms with Gasteiger partial charge in [0, 0.05) is 12.3 Å². The largest absolute Gasteiger partial charge is 0.399 e. The Morgan fingerprint density at radius 1 is 1.33 bits per heavy atom. The average molecular weight is 247 g/mol. The van der Waals surface area contributed by atoms with Crippen LogP contribution in [0.15, 0.2) is 12.1 Å². The molecule has 2 rings (SSSR count). The minimum absolute atomic E-state index is 0.281. The Hall–Kier alpha value is -0.640. The van der Waals surface area contributed by atoms with Crippen molar-refractivity contribution in [2.45, 2.75) is 12.5 Å². The highest BCUT2D eigenvalue weighted by atomic mass is 35.5. The van der Waals surface area contributed by atoms with Gasteiger partial charge in [-0.05, 0) is 18.6 Å². The molecule has 1 heterocycles. The van der Waals surface area contributed by atoms with E-state index in [-0.39, 0.29) is 6.04 Å². The van der Waals surface area contributed by atoms with Crippen molar-refractivity contribution in [2.75, 3.05) is 24.3 Å². The van der Waals surface area contributed by atoms with Crippen molar-refractivity contribution in [3.05, 3.63) is 22.2 Å². The van der Waals surface area contributed by atoms with Crippen LogP contribution >= 0.6 is 23.2 Å². The molecule has 3 N–H and O–H groups in total. The van der Waals surface area contributed by atoms with Crippen LogP contribution in [0.2, 0.25) is 10.0 Å². The topological polar surface area (TPSA) is 47.3 Å². The van der Waals surface area contributed by atoms with E-state index in [0.29, 0.717) is 22.3 Å². The van der Waals surface area contributed by atoms with Crippen LogP contribution in [-0.2, 0) is 4.74 Å². The molecule has 0 spiro atoms. The molecule has 1 unspecified atom stereocenters. The number of anilines is 2. The Morgan fingerprint density at radius 3 is 2.53 bits per heavy atom. The van der Waals surface area contributed by atoms with Gasteiger partial charge in [-0.3, -0.25) is 0 Å². The summed E-state index contributed by atoms with van der Waals surface area (Å²) in [5.74, 6) is 0. The molecule has 1 aromatic rings. The minimum Gasteiger partial charge on any atom is -0.399 e. The summed E-state index contributed by atoms with van der Waals surface area (Å²) in [6.45, 7) is 1.47. The highest BCUT2D eigenvalue weighted by Gasteiger charge is 2.17. The first-order valence-corrected chi connectivity index (χ1v) is 5.51. The molecule has 3 nitrogen and oxygen atoms in total. The second kappa shape index (κ2) is 4.47. The van der Waals surface area contributed by atoms with Crippen molar-refractivity contribution < 1.29 is 4.74 Å². The molecule has 15 heavy (non-hydrogen) atoms. The third-order valence-electron chi connectivity index (χ3n) is 2.34. The lowest BCUT2D eigenvalue weighted by Gasteiger charge is -2.15. The minimum atomic E-state index is 0.281. The summed E-state index contributed by atoms with van der Waals surface area (Å²) in [6, 6.07) is 3.65. The molecule has 0 saturated carbocycles. The van der Waals surface area contributed by atoms with Crippen molar-refractivity contribution in [3.8, 4) is 0 Å². The van der Waals surface area contributed by atoms with Gasteiger partial charge >= 0.3 is 0 Å². The van der Waals surface area contributed by atoms with Gasteiger partial charge in [-0.2, -0.15) is 0 Å². The molecule has 0 aliphatic carbocycles. The molecule has 1 atom stereocenters. The molecule has 1 aliphatic rings. The molecule has 5 heteroatoms. The van der Waals surface area contributed by atoms with Gasteiger partial charge in [0.25, 0.3) is 0 Å². The van der Waals surface area contributed by atoms with Gasteiger partial charge in [0.2, 0.25) is 0 Å². The van der Waals surface area contributed by atoms with E-state index < -0.39 is 0 Å². The molecular weight excluding hydrogens is 235 g/mol. The zero-order valence-corrected chi connectivity index (χ0v) is 9.61. The Bertz CT molecular complexity index is 341. The number of halogens is 2. The van der Waals surface area contributed by atoms with E-state index in [1.807, 2.05) is 0 Å². The molecule has 0 bridgehead atoms. The highest BCUT2D eigenvalue weighted by molar-refractivity contribution is 6.39. The van der Waals surface area contributed by atoms with Crippen molar-refractivity contribution in [1.82, 2.24) is 0 Å². The van der Waals surface area contributed by atoms with Gasteiger partial charge < -0.3 is 15.8 Å². The second-order valence-electron chi connectivity index (χ2n) is 3.56. The van der Waals surface area contributed by atoms with Crippen LogP contribution in [0.1, 0.15) is 6.42 Å². The molecule has 1 aliphatic heterocycles. The standard InChI is InChI=1S/C10H12Cl2N2O/c11-8-3-6(13)4-9(12)10(8)14-7-1-2-15-5-7/h3-4,7,14H,1-2,5,13H2. The van der Waals surface area contributed by atoms with Gasteiger partial charge in [-0.25, -0.2) is 0 Å². The van der Waals surface area contributed by atoms with Crippen LogP contribution in [0, 0.1) is 0 Å². The maximum atomic E-state index is 6.05. The Labute approximate surface area is 98.5 Å². The first-order valence-electron chi connectivity index (χ1n) is 4.75. The molecule has 0 radical (unpaired) electrons. The van der Waals surface area contributed by atoms with Gasteiger partial charge in [0.05, 0.1) is 28.4 Å². The molecule has 1 aromatic carbocycles. The number of hydrogen-bond donors (Lipinski definition) is 2. The fourth-order valence-electron chi connectivity index (χ4n) is 1.58. The van der Waals surface area contributed by atoms with Gasteiger partial charge in [-0.1, -0.05) is 23.2 Å². The van der Waals surface area contributed by atoms with E-state index in [2.05, 4.69) is 5.32 Å². The van der Waals surface area contributed by atoms with Crippen LogP contribution in [0.25, 0.3) is 0 Å². The van der Waals surface area contributed by atoms with Crippen LogP contribution < -0.4 is 11.1 Å². The summed E-state index contributed by atoms with van der Waals surface area (Å²) in [6.07, 6.45) is 0.969. The van der Waals surface area contributed by atoms with Crippen LogP contribution in [-0.4, -0.2) is 19.3 Å². The number of benzene rings is 1. The lowest BCUT2D eigenvalue weighted by Crippen LogP contribution is -2.19. The molecule has 1 fully saturated rings. The summed E-state index contributed by atoms with van der Waals surface area (Å²) < 4.78 is 5.26. The third kappa shape index (κ3) is 2.48. The highest BCUT2D eigenvalue weighted by Crippen LogP contribution is 2.33. The fraction of sp³-hybridized carbons (Fsp3) is 0.400. The quantitative estimate of drug-likeness (QED) is 0.790. The van der Waals surface area contributed by atoms with Crippen LogP contribution in [0.3, 0.4) is 0 Å². The third-order valence-corrected chi connectivity index (χ3v) is 2.94. The fourth-order valence-corrected chi connectivity index (χ4v) is 2.20. The summed E-state index contributed by atoms with van der Waals surface area (Å²) in [5, 5.41) is 4.36. The first kappa shape index (κ1) is 10.9. The van der Waals surface area contributed by atoms with Crippen molar-refractivity contribution >= 4 is 34.6 Å². The smallest absolute Gasteiger partial charge is 0.0723 e.